The van der Waals surface area contributed by atoms with E-state index in [1.54, 1.807) is 36.4 Å². The lowest BCUT2D eigenvalue weighted by atomic mass is 10.1. The van der Waals surface area contributed by atoms with Crippen LogP contribution in [0.2, 0.25) is 0 Å². The van der Waals surface area contributed by atoms with Gasteiger partial charge in [-0.05, 0) is 43.7 Å². The van der Waals surface area contributed by atoms with Crippen LogP contribution in [0.3, 0.4) is 0 Å². The molecule has 0 saturated carbocycles. The number of carbonyl (C=O) groups is 2. The third-order valence-electron chi connectivity index (χ3n) is 5.99. The molecule has 3 aromatic rings. The van der Waals surface area contributed by atoms with Crippen LogP contribution in [0.1, 0.15) is 16.7 Å². The van der Waals surface area contributed by atoms with E-state index < -0.39 is 34.5 Å². The Bertz CT molecular complexity index is 1350. The van der Waals surface area contributed by atoms with Gasteiger partial charge in [-0.2, -0.15) is 4.31 Å². The number of hydrogen-bond donors (Lipinski definition) is 0. The summed E-state index contributed by atoms with van der Waals surface area (Å²) in [6.07, 6.45) is -1.02. The van der Waals surface area contributed by atoms with Gasteiger partial charge >= 0.3 is 5.97 Å². The van der Waals surface area contributed by atoms with E-state index in [4.69, 9.17) is 9.47 Å². The number of rotatable bonds is 7. The highest BCUT2D eigenvalue weighted by Gasteiger charge is 2.36. The molecule has 1 atom stereocenters. The summed E-state index contributed by atoms with van der Waals surface area (Å²) in [6, 6.07) is 20.8. The maximum Gasteiger partial charge on any atom is 0.348 e. The SMILES string of the molecule is COC(=O)C1CN(C(=O)CN(Cc2ccc(C)cc2)S(=O)(=O)c2ccc(C)cc2)c2ccccc2O1. The van der Waals surface area contributed by atoms with Crippen LogP contribution in [0.5, 0.6) is 5.75 Å². The summed E-state index contributed by atoms with van der Waals surface area (Å²) in [7, 11) is -2.76. The Morgan fingerprint density at radius 1 is 0.972 bits per heavy atom. The number of fused-ring (bicyclic) bond motifs is 1. The predicted octanol–water partition coefficient (Wildman–Crippen LogP) is 3.46. The monoisotopic (exact) mass is 508 g/mol. The van der Waals surface area contributed by atoms with Crippen molar-refractivity contribution in [2.45, 2.75) is 31.4 Å². The molecule has 0 bridgehead atoms. The van der Waals surface area contributed by atoms with Gasteiger partial charge in [-0.1, -0.05) is 59.7 Å². The zero-order chi connectivity index (χ0) is 25.9. The highest BCUT2D eigenvalue weighted by atomic mass is 32.2. The third kappa shape index (κ3) is 5.42. The number of esters is 1. The van der Waals surface area contributed by atoms with E-state index in [0.29, 0.717) is 11.4 Å². The molecular weight excluding hydrogens is 480 g/mol. The van der Waals surface area contributed by atoms with E-state index in [0.717, 1.165) is 21.0 Å². The van der Waals surface area contributed by atoms with Crippen LogP contribution in [0.15, 0.2) is 77.7 Å². The lowest BCUT2D eigenvalue weighted by Crippen LogP contribution is -2.50. The summed E-state index contributed by atoms with van der Waals surface area (Å²) >= 11 is 0. The molecule has 4 rings (SSSR count). The van der Waals surface area contributed by atoms with Crippen LogP contribution in [0, 0.1) is 13.8 Å². The molecule has 1 amide bonds. The van der Waals surface area contributed by atoms with Gasteiger partial charge in [0.2, 0.25) is 22.0 Å². The molecule has 1 heterocycles. The Balaban J connectivity index is 1.68. The van der Waals surface area contributed by atoms with Crippen molar-refractivity contribution in [3.8, 4) is 5.75 Å². The first-order valence-electron chi connectivity index (χ1n) is 11.5. The number of amides is 1. The molecule has 0 fully saturated rings. The Morgan fingerprint density at radius 2 is 1.58 bits per heavy atom. The molecule has 0 saturated heterocycles. The summed E-state index contributed by atoms with van der Waals surface area (Å²) < 4.78 is 39.0. The second-order valence-electron chi connectivity index (χ2n) is 8.67. The molecule has 1 aliphatic heterocycles. The van der Waals surface area contributed by atoms with Crippen molar-refractivity contribution in [1.29, 1.82) is 0 Å². The lowest BCUT2D eigenvalue weighted by molar-refractivity contribution is -0.148. The van der Waals surface area contributed by atoms with Gasteiger partial charge in [0.05, 0.1) is 30.8 Å². The van der Waals surface area contributed by atoms with Crippen molar-refractivity contribution in [2.24, 2.45) is 0 Å². The number of aryl methyl sites for hydroxylation is 2. The summed E-state index contributed by atoms with van der Waals surface area (Å²) in [5.41, 5.74) is 3.18. The molecule has 0 aliphatic carbocycles. The van der Waals surface area contributed by atoms with Crippen molar-refractivity contribution >= 4 is 27.6 Å². The largest absolute Gasteiger partial charge is 0.475 e. The normalized spacial score (nSPS) is 15.2. The van der Waals surface area contributed by atoms with E-state index >= 15 is 0 Å². The summed E-state index contributed by atoms with van der Waals surface area (Å²) in [6.45, 7) is 3.31. The quantitative estimate of drug-likeness (QED) is 0.454. The van der Waals surface area contributed by atoms with Gasteiger partial charge in [0.15, 0.2) is 0 Å². The van der Waals surface area contributed by atoms with Gasteiger partial charge in [0, 0.05) is 6.54 Å². The summed E-state index contributed by atoms with van der Waals surface area (Å²) in [4.78, 5) is 27.3. The van der Waals surface area contributed by atoms with E-state index in [-0.39, 0.29) is 18.0 Å². The van der Waals surface area contributed by atoms with E-state index in [9.17, 15) is 18.0 Å². The van der Waals surface area contributed by atoms with Gasteiger partial charge in [-0.3, -0.25) is 4.79 Å². The smallest absolute Gasteiger partial charge is 0.348 e. The van der Waals surface area contributed by atoms with E-state index in [2.05, 4.69) is 0 Å². The van der Waals surface area contributed by atoms with Crippen LogP contribution in [0.25, 0.3) is 0 Å². The number of anilines is 1. The maximum atomic E-state index is 13.7. The topological polar surface area (TPSA) is 93.2 Å². The number of sulfonamides is 1. The molecule has 0 radical (unpaired) electrons. The zero-order valence-electron chi connectivity index (χ0n) is 20.4. The van der Waals surface area contributed by atoms with Gasteiger partial charge < -0.3 is 14.4 Å². The van der Waals surface area contributed by atoms with Crippen LogP contribution in [0.4, 0.5) is 5.69 Å². The van der Waals surface area contributed by atoms with E-state index in [1.807, 2.05) is 38.1 Å². The van der Waals surface area contributed by atoms with Crippen molar-refractivity contribution in [3.05, 3.63) is 89.5 Å². The summed E-state index contributed by atoms with van der Waals surface area (Å²) in [5, 5.41) is 0. The Labute approximate surface area is 211 Å². The fourth-order valence-electron chi connectivity index (χ4n) is 3.94. The average molecular weight is 509 g/mol. The molecule has 1 aliphatic rings. The van der Waals surface area contributed by atoms with Crippen LogP contribution < -0.4 is 9.64 Å². The fourth-order valence-corrected chi connectivity index (χ4v) is 5.32. The van der Waals surface area contributed by atoms with E-state index in [1.165, 1.54) is 24.1 Å². The van der Waals surface area contributed by atoms with Crippen molar-refractivity contribution in [2.75, 3.05) is 25.1 Å². The highest BCUT2D eigenvalue weighted by Crippen LogP contribution is 2.34. The molecule has 36 heavy (non-hydrogen) atoms. The second-order valence-corrected chi connectivity index (χ2v) is 10.6. The van der Waals surface area contributed by atoms with Gasteiger partial charge in [0.25, 0.3) is 0 Å². The molecule has 1 unspecified atom stereocenters. The third-order valence-corrected chi connectivity index (χ3v) is 7.79. The molecule has 0 aromatic heterocycles. The molecular formula is C27H28N2O6S. The van der Waals surface area contributed by atoms with Crippen molar-refractivity contribution < 1.29 is 27.5 Å². The Kier molecular flexibility index (Phi) is 7.42. The Morgan fingerprint density at radius 3 is 2.22 bits per heavy atom. The van der Waals surface area contributed by atoms with Gasteiger partial charge in [-0.15, -0.1) is 0 Å². The first kappa shape index (κ1) is 25.4. The fraction of sp³-hybridized carbons (Fsp3) is 0.259. The minimum absolute atomic E-state index is 0.00858. The molecule has 188 valence electrons. The summed E-state index contributed by atoms with van der Waals surface area (Å²) in [5.74, 6) is -0.757. The number of hydrogen-bond acceptors (Lipinski definition) is 6. The minimum atomic E-state index is -4.01. The molecule has 8 nitrogen and oxygen atoms in total. The second kappa shape index (κ2) is 10.5. The first-order chi connectivity index (χ1) is 17.2. The highest BCUT2D eigenvalue weighted by molar-refractivity contribution is 7.89. The maximum absolute atomic E-state index is 13.7. The van der Waals surface area contributed by atoms with Crippen LogP contribution in [-0.2, 0) is 30.9 Å². The molecule has 3 aromatic carbocycles. The molecule has 9 heteroatoms. The number of nitrogens with zero attached hydrogens (tertiary/aromatic N) is 2. The average Bonchev–Trinajstić information content (AvgIpc) is 2.88. The predicted molar refractivity (Wildman–Crippen MR) is 135 cm³/mol. The number of ether oxygens (including phenoxy) is 2. The van der Waals surface area contributed by atoms with Crippen LogP contribution >= 0.6 is 0 Å². The standard InChI is InChI=1S/C27H28N2O6S/c1-19-8-12-21(13-9-19)16-28(36(32,33)22-14-10-20(2)11-15-22)18-26(30)29-17-25(27(31)34-3)35-24-7-5-4-6-23(24)29/h4-15,25H,16-18H2,1-3H3. The van der Waals surface area contributed by atoms with Crippen molar-refractivity contribution in [3.63, 3.8) is 0 Å². The van der Waals surface area contributed by atoms with Gasteiger partial charge in [-0.25, -0.2) is 13.2 Å². The number of benzene rings is 3. The molecule has 0 spiro atoms. The molecule has 0 N–H and O–H groups in total. The number of para-hydroxylation sites is 2. The zero-order valence-corrected chi connectivity index (χ0v) is 21.2. The lowest BCUT2D eigenvalue weighted by Gasteiger charge is -2.34. The Hall–Kier alpha value is -3.69. The number of carbonyl (C=O) groups excluding carboxylic acids is 2. The van der Waals surface area contributed by atoms with Gasteiger partial charge in [0.1, 0.15) is 5.75 Å². The minimum Gasteiger partial charge on any atom is -0.475 e. The first-order valence-corrected chi connectivity index (χ1v) is 12.9. The number of methoxy groups -OCH3 is 1. The van der Waals surface area contributed by atoms with Crippen LogP contribution in [-0.4, -0.2) is 50.9 Å². The van der Waals surface area contributed by atoms with Crippen molar-refractivity contribution in [1.82, 2.24) is 4.31 Å².